The van der Waals surface area contributed by atoms with Gasteiger partial charge in [0.05, 0.1) is 12.4 Å². The molecule has 1 aliphatic heterocycles. The molecule has 0 spiro atoms. The Labute approximate surface area is 167 Å². The molecule has 0 radical (unpaired) electrons. The maximum Gasteiger partial charge on any atom is 0.252 e. The highest BCUT2D eigenvalue weighted by atomic mass is 35.5. The van der Waals surface area contributed by atoms with Crippen molar-refractivity contribution in [1.82, 2.24) is 25.4 Å². The van der Waals surface area contributed by atoms with Crippen molar-refractivity contribution in [1.29, 1.82) is 0 Å². The standard InChI is InChI=1S/C20H19ClN6O/c1-10-8-22-23-9-15(10)18-24-20(26-25-18)27-17-11(2)16(17)14(19(27)28)7-12-3-5-13(21)6-4-12/h3-6,8-9,11,14,16-17H,7H2,1-2H3,(H,24,25,26)/t11-,14?,16?,17?/m0/s1. The zero-order chi connectivity index (χ0) is 19.4. The molecule has 1 aromatic carbocycles. The maximum absolute atomic E-state index is 13.2. The summed E-state index contributed by atoms with van der Waals surface area (Å²) in [5.41, 5.74) is 2.90. The maximum atomic E-state index is 13.2. The molecule has 1 saturated carbocycles. The number of benzene rings is 1. The molecule has 5 rings (SSSR count). The second kappa shape index (κ2) is 6.38. The van der Waals surface area contributed by atoms with Crippen LogP contribution in [0.4, 0.5) is 5.95 Å². The van der Waals surface area contributed by atoms with E-state index in [-0.39, 0.29) is 17.9 Å². The van der Waals surface area contributed by atoms with Gasteiger partial charge in [0.25, 0.3) is 5.95 Å². The summed E-state index contributed by atoms with van der Waals surface area (Å²) in [6, 6.07) is 7.89. The van der Waals surface area contributed by atoms with Crippen molar-refractivity contribution in [2.45, 2.75) is 26.3 Å². The van der Waals surface area contributed by atoms with Gasteiger partial charge < -0.3 is 0 Å². The molecule has 28 heavy (non-hydrogen) atoms. The van der Waals surface area contributed by atoms with Crippen molar-refractivity contribution in [3.63, 3.8) is 0 Å². The Morgan fingerprint density at radius 3 is 2.68 bits per heavy atom. The highest BCUT2D eigenvalue weighted by molar-refractivity contribution is 6.30. The molecular formula is C20H19ClN6O. The lowest BCUT2D eigenvalue weighted by molar-refractivity contribution is -0.121. The van der Waals surface area contributed by atoms with Crippen LogP contribution < -0.4 is 4.90 Å². The molecule has 4 atom stereocenters. The lowest BCUT2D eigenvalue weighted by Crippen LogP contribution is -2.35. The van der Waals surface area contributed by atoms with Crippen LogP contribution in [0.15, 0.2) is 36.7 Å². The van der Waals surface area contributed by atoms with Crippen LogP contribution in [0.1, 0.15) is 18.1 Å². The van der Waals surface area contributed by atoms with E-state index in [1.165, 1.54) is 0 Å². The summed E-state index contributed by atoms with van der Waals surface area (Å²) in [6.07, 6.45) is 4.04. The van der Waals surface area contributed by atoms with Gasteiger partial charge in [-0.2, -0.15) is 15.2 Å². The molecule has 1 aliphatic carbocycles. The zero-order valence-corrected chi connectivity index (χ0v) is 16.3. The second-order valence-electron chi connectivity index (χ2n) is 7.64. The van der Waals surface area contributed by atoms with E-state index in [2.05, 4.69) is 32.3 Å². The van der Waals surface area contributed by atoms with Gasteiger partial charge in [0.1, 0.15) is 0 Å². The Bertz CT molecular complexity index is 1050. The monoisotopic (exact) mass is 394 g/mol. The SMILES string of the molecule is Cc1cnncc1-c1nc(N2C(=O)C(Cc3ccc(Cl)cc3)C3C2[C@H]3C)n[nH]1. The van der Waals surface area contributed by atoms with Gasteiger partial charge in [-0.15, -0.1) is 5.10 Å². The highest BCUT2D eigenvalue weighted by Crippen LogP contribution is 2.55. The third-order valence-corrected chi connectivity index (χ3v) is 6.21. The fourth-order valence-electron chi connectivity index (χ4n) is 4.41. The normalized spacial score (nSPS) is 25.8. The third-order valence-electron chi connectivity index (χ3n) is 5.96. The number of rotatable bonds is 4. The largest absolute Gasteiger partial charge is 0.275 e. The van der Waals surface area contributed by atoms with Crippen LogP contribution in [0.5, 0.6) is 0 Å². The number of anilines is 1. The second-order valence-corrected chi connectivity index (χ2v) is 8.08. The summed E-state index contributed by atoms with van der Waals surface area (Å²) in [6.45, 7) is 4.13. The number of piperidine rings is 1. The lowest BCUT2D eigenvalue weighted by atomic mass is 9.94. The third kappa shape index (κ3) is 2.69. The zero-order valence-electron chi connectivity index (χ0n) is 15.5. The van der Waals surface area contributed by atoms with Crippen molar-refractivity contribution >= 4 is 23.5 Å². The molecule has 7 nitrogen and oxygen atoms in total. The quantitative estimate of drug-likeness (QED) is 0.734. The predicted octanol–water partition coefficient (Wildman–Crippen LogP) is 3.06. The number of carbonyl (C=O) groups is 1. The Morgan fingerprint density at radius 1 is 1.18 bits per heavy atom. The topological polar surface area (TPSA) is 87.7 Å². The molecule has 1 amide bonds. The first-order valence-electron chi connectivity index (χ1n) is 9.32. The Hall–Kier alpha value is -2.80. The van der Waals surface area contributed by atoms with E-state index in [0.717, 1.165) is 16.7 Å². The molecule has 2 fully saturated rings. The van der Waals surface area contributed by atoms with Crippen LogP contribution in [0.3, 0.4) is 0 Å². The molecule has 8 heteroatoms. The van der Waals surface area contributed by atoms with E-state index in [4.69, 9.17) is 11.6 Å². The van der Waals surface area contributed by atoms with Crippen molar-refractivity contribution in [3.05, 3.63) is 52.8 Å². The summed E-state index contributed by atoms with van der Waals surface area (Å²) in [5, 5.41) is 15.8. The van der Waals surface area contributed by atoms with E-state index >= 15 is 0 Å². The predicted molar refractivity (Wildman–Crippen MR) is 105 cm³/mol. The minimum absolute atomic E-state index is 0.0487. The van der Waals surface area contributed by atoms with Gasteiger partial charge in [-0.05, 0) is 48.4 Å². The van der Waals surface area contributed by atoms with Crippen molar-refractivity contribution < 1.29 is 4.79 Å². The molecule has 3 aromatic rings. The molecule has 142 valence electrons. The van der Waals surface area contributed by atoms with Crippen LogP contribution in [0.2, 0.25) is 5.02 Å². The van der Waals surface area contributed by atoms with Crippen LogP contribution in [0, 0.1) is 24.7 Å². The summed E-state index contributed by atoms with van der Waals surface area (Å²) in [7, 11) is 0. The molecular weight excluding hydrogens is 376 g/mol. The molecule has 3 heterocycles. The number of halogens is 1. The lowest BCUT2D eigenvalue weighted by Gasteiger charge is -2.19. The number of fused-ring (bicyclic) bond motifs is 1. The fraction of sp³-hybridized carbons (Fsp3) is 0.350. The summed E-state index contributed by atoms with van der Waals surface area (Å²) < 4.78 is 0. The van der Waals surface area contributed by atoms with Crippen molar-refractivity contribution in [2.75, 3.05) is 4.90 Å². The number of nitrogens with zero attached hydrogens (tertiary/aromatic N) is 5. The molecule has 2 aromatic heterocycles. The van der Waals surface area contributed by atoms with Gasteiger partial charge in [0.2, 0.25) is 5.91 Å². The summed E-state index contributed by atoms with van der Waals surface area (Å²) in [5.74, 6) is 1.87. The number of hydrogen-bond donors (Lipinski definition) is 1. The van der Waals surface area contributed by atoms with Crippen LogP contribution in [-0.2, 0) is 11.2 Å². The van der Waals surface area contributed by atoms with E-state index in [1.807, 2.05) is 31.2 Å². The fourth-order valence-corrected chi connectivity index (χ4v) is 4.54. The van der Waals surface area contributed by atoms with Gasteiger partial charge in [-0.1, -0.05) is 30.7 Å². The Balaban J connectivity index is 1.42. The minimum atomic E-state index is -0.0487. The van der Waals surface area contributed by atoms with E-state index in [9.17, 15) is 4.79 Å². The van der Waals surface area contributed by atoms with Crippen molar-refractivity contribution in [3.8, 4) is 11.4 Å². The molecule has 1 saturated heterocycles. The van der Waals surface area contributed by atoms with Gasteiger partial charge >= 0.3 is 0 Å². The number of H-pyrrole nitrogens is 1. The summed E-state index contributed by atoms with van der Waals surface area (Å²) in [4.78, 5) is 19.5. The summed E-state index contributed by atoms with van der Waals surface area (Å²) >= 11 is 5.98. The van der Waals surface area contributed by atoms with Gasteiger partial charge in [-0.25, -0.2) is 0 Å². The number of aromatic amines is 1. The number of nitrogens with one attached hydrogen (secondary N) is 1. The highest BCUT2D eigenvalue weighted by Gasteiger charge is 2.65. The first kappa shape index (κ1) is 17.3. The van der Waals surface area contributed by atoms with Gasteiger partial charge in [-0.3, -0.25) is 14.8 Å². The Kier molecular flexibility index (Phi) is 3.94. The van der Waals surface area contributed by atoms with Crippen molar-refractivity contribution in [2.24, 2.45) is 17.8 Å². The average molecular weight is 395 g/mol. The first-order chi connectivity index (χ1) is 13.5. The van der Waals surface area contributed by atoms with E-state index in [1.54, 1.807) is 17.3 Å². The number of hydrogen-bond acceptors (Lipinski definition) is 5. The number of amides is 1. The molecule has 1 N–H and O–H groups in total. The van der Waals surface area contributed by atoms with E-state index < -0.39 is 0 Å². The molecule has 3 unspecified atom stereocenters. The smallest absolute Gasteiger partial charge is 0.252 e. The van der Waals surface area contributed by atoms with Gasteiger partial charge in [0, 0.05) is 22.5 Å². The first-order valence-corrected chi connectivity index (χ1v) is 9.70. The van der Waals surface area contributed by atoms with Crippen LogP contribution in [0.25, 0.3) is 11.4 Å². The van der Waals surface area contributed by atoms with Gasteiger partial charge in [0.15, 0.2) is 5.82 Å². The molecule has 2 aliphatic rings. The average Bonchev–Trinajstić information content (AvgIpc) is 3.03. The number of aromatic nitrogens is 5. The molecule has 0 bridgehead atoms. The van der Waals surface area contributed by atoms with E-state index in [0.29, 0.717) is 35.1 Å². The van der Waals surface area contributed by atoms with Crippen LogP contribution >= 0.6 is 11.6 Å². The number of aryl methyl sites for hydroxylation is 1. The Morgan fingerprint density at radius 2 is 1.93 bits per heavy atom. The van der Waals surface area contributed by atoms with Crippen LogP contribution in [-0.4, -0.2) is 37.3 Å². The minimum Gasteiger partial charge on any atom is -0.275 e. The number of carbonyl (C=O) groups excluding carboxylic acids is 1.